The first-order chi connectivity index (χ1) is 17.4. The molecule has 1 aromatic heterocycles. The zero-order chi connectivity index (χ0) is 25.7. The smallest absolute Gasteiger partial charge is 0.254 e. The minimum absolute atomic E-state index is 0.0117. The minimum Gasteiger partial charge on any atom is -0.493 e. The Kier molecular flexibility index (Phi) is 8.21. The van der Waals surface area contributed by atoms with E-state index < -0.39 is 0 Å². The Morgan fingerprint density at radius 3 is 2.33 bits per heavy atom. The van der Waals surface area contributed by atoms with Crippen LogP contribution in [-0.4, -0.2) is 55.0 Å². The molecule has 36 heavy (non-hydrogen) atoms. The van der Waals surface area contributed by atoms with Crippen molar-refractivity contribution in [2.45, 2.75) is 38.8 Å². The molecule has 1 heterocycles. The number of hydrogen-bond acceptors (Lipinski definition) is 5. The summed E-state index contributed by atoms with van der Waals surface area (Å²) in [6.45, 7) is 2.67. The zero-order valence-corrected chi connectivity index (χ0v) is 21.6. The topological polar surface area (TPSA) is 72.2 Å². The third kappa shape index (κ3) is 6.40. The lowest BCUT2D eigenvalue weighted by atomic mass is 10.1. The number of benzene rings is 2. The Morgan fingerprint density at radius 2 is 1.72 bits per heavy atom. The Balaban J connectivity index is 1.50. The van der Waals surface area contributed by atoms with Crippen LogP contribution in [0.1, 0.15) is 40.3 Å². The van der Waals surface area contributed by atoms with E-state index in [1.54, 1.807) is 48.3 Å². The highest BCUT2D eigenvalue weighted by atomic mass is 35.5. The number of ether oxygens (including phenoxy) is 2. The highest BCUT2D eigenvalue weighted by Gasteiger charge is 2.35. The van der Waals surface area contributed by atoms with Gasteiger partial charge in [-0.3, -0.25) is 9.59 Å². The Morgan fingerprint density at radius 1 is 1.00 bits per heavy atom. The van der Waals surface area contributed by atoms with Gasteiger partial charge in [-0.2, -0.15) is 0 Å². The van der Waals surface area contributed by atoms with Gasteiger partial charge in [0, 0.05) is 23.2 Å². The molecule has 1 fully saturated rings. The fourth-order valence-corrected chi connectivity index (χ4v) is 4.23. The van der Waals surface area contributed by atoms with Crippen LogP contribution in [0.3, 0.4) is 0 Å². The molecule has 0 radical (unpaired) electrons. The second-order valence-corrected chi connectivity index (χ2v) is 9.37. The summed E-state index contributed by atoms with van der Waals surface area (Å²) in [5.74, 6) is 2.50. The number of furan rings is 1. The molecule has 3 aromatic rings. The zero-order valence-electron chi connectivity index (χ0n) is 20.8. The van der Waals surface area contributed by atoms with Gasteiger partial charge < -0.3 is 23.7 Å². The van der Waals surface area contributed by atoms with Crippen molar-refractivity contribution in [1.29, 1.82) is 0 Å². The maximum absolute atomic E-state index is 13.6. The third-order valence-electron chi connectivity index (χ3n) is 6.26. The maximum atomic E-state index is 13.6. The van der Waals surface area contributed by atoms with Gasteiger partial charge in [-0.05, 0) is 80.3 Å². The van der Waals surface area contributed by atoms with Gasteiger partial charge in [0.2, 0.25) is 5.91 Å². The van der Waals surface area contributed by atoms with Crippen LogP contribution in [0, 0.1) is 6.92 Å². The summed E-state index contributed by atoms with van der Waals surface area (Å²) in [7, 11) is 3.20. The van der Waals surface area contributed by atoms with Crippen LogP contribution in [-0.2, 0) is 17.8 Å². The number of rotatable bonds is 11. The van der Waals surface area contributed by atoms with Gasteiger partial charge >= 0.3 is 0 Å². The maximum Gasteiger partial charge on any atom is 0.254 e. The van der Waals surface area contributed by atoms with Crippen LogP contribution in [0.5, 0.6) is 11.5 Å². The first-order valence-corrected chi connectivity index (χ1v) is 12.4. The summed E-state index contributed by atoms with van der Waals surface area (Å²) < 4.78 is 16.5. The number of halogens is 1. The predicted molar refractivity (Wildman–Crippen MR) is 138 cm³/mol. The van der Waals surface area contributed by atoms with E-state index in [0.717, 1.165) is 24.2 Å². The molecule has 0 saturated heterocycles. The predicted octanol–water partition coefficient (Wildman–Crippen LogP) is 5.13. The normalized spacial score (nSPS) is 12.8. The van der Waals surface area contributed by atoms with Crippen LogP contribution < -0.4 is 9.47 Å². The standard InChI is InChI=1S/C28H31ClN2O5/c1-19-4-12-24(36-19)17-30(15-14-20-5-13-25(34-2)26(16-20)35-3)27(32)18-31(23-10-11-23)28(33)21-6-8-22(29)9-7-21/h4-9,12-13,16,23H,10-11,14-15,17-18H2,1-3H3. The number of nitrogens with zero attached hydrogens (tertiary/aromatic N) is 2. The summed E-state index contributed by atoms with van der Waals surface area (Å²) >= 11 is 5.99. The first kappa shape index (κ1) is 25.6. The second kappa shape index (κ2) is 11.5. The molecule has 2 aromatic carbocycles. The van der Waals surface area contributed by atoms with Gasteiger partial charge in [-0.1, -0.05) is 17.7 Å². The summed E-state index contributed by atoms with van der Waals surface area (Å²) in [4.78, 5) is 30.2. The summed E-state index contributed by atoms with van der Waals surface area (Å²) in [5, 5.41) is 0.565. The Bertz CT molecular complexity index is 1200. The number of amides is 2. The first-order valence-electron chi connectivity index (χ1n) is 12.0. The molecule has 1 aliphatic rings. The Labute approximate surface area is 216 Å². The van der Waals surface area contributed by atoms with Crippen molar-refractivity contribution >= 4 is 23.4 Å². The van der Waals surface area contributed by atoms with E-state index in [4.69, 9.17) is 25.5 Å². The van der Waals surface area contributed by atoms with Gasteiger partial charge in [0.15, 0.2) is 11.5 Å². The molecule has 0 unspecified atom stereocenters. The number of aryl methyl sites for hydroxylation is 1. The molecule has 190 valence electrons. The van der Waals surface area contributed by atoms with Gasteiger partial charge in [0.05, 0.1) is 20.8 Å². The average Bonchev–Trinajstić information content (AvgIpc) is 3.65. The van der Waals surface area contributed by atoms with E-state index in [-0.39, 0.29) is 24.4 Å². The molecule has 4 rings (SSSR count). The fraction of sp³-hybridized carbons (Fsp3) is 0.357. The van der Waals surface area contributed by atoms with Gasteiger partial charge in [0.1, 0.15) is 18.1 Å². The summed E-state index contributed by atoms with van der Waals surface area (Å²) in [5.41, 5.74) is 1.54. The quantitative estimate of drug-likeness (QED) is 0.357. The van der Waals surface area contributed by atoms with E-state index in [1.807, 2.05) is 37.3 Å². The summed E-state index contributed by atoms with van der Waals surface area (Å²) in [6, 6.07) is 16.4. The van der Waals surface area contributed by atoms with Crippen LogP contribution in [0.2, 0.25) is 5.02 Å². The van der Waals surface area contributed by atoms with Crippen LogP contribution in [0.4, 0.5) is 0 Å². The molecule has 1 aliphatic carbocycles. The van der Waals surface area contributed by atoms with Crippen molar-refractivity contribution in [1.82, 2.24) is 9.80 Å². The van der Waals surface area contributed by atoms with Gasteiger partial charge in [-0.25, -0.2) is 0 Å². The van der Waals surface area contributed by atoms with E-state index in [0.29, 0.717) is 47.4 Å². The van der Waals surface area contributed by atoms with Crippen molar-refractivity contribution in [3.63, 3.8) is 0 Å². The molecule has 8 heteroatoms. The van der Waals surface area contributed by atoms with Crippen molar-refractivity contribution < 1.29 is 23.5 Å². The number of methoxy groups -OCH3 is 2. The van der Waals surface area contributed by atoms with Gasteiger partial charge in [0.25, 0.3) is 5.91 Å². The Hall–Kier alpha value is -3.45. The molecule has 0 N–H and O–H groups in total. The largest absolute Gasteiger partial charge is 0.493 e. The minimum atomic E-state index is -0.156. The van der Waals surface area contributed by atoms with Crippen molar-refractivity contribution in [3.8, 4) is 11.5 Å². The molecule has 0 bridgehead atoms. The fourth-order valence-electron chi connectivity index (χ4n) is 4.11. The average molecular weight is 511 g/mol. The molecule has 0 atom stereocenters. The molecular weight excluding hydrogens is 480 g/mol. The van der Waals surface area contributed by atoms with Crippen molar-refractivity contribution in [2.75, 3.05) is 27.3 Å². The monoisotopic (exact) mass is 510 g/mol. The van der Waals surface area contributed by atoms with E-state index in [1.165, 1.54) is 0 Å². The van der Waals surface area contributed by atoms with E-state index in [9.17, 15) is 9.59 Å². The number of carbonyl (C=O) groups is 2. The molecule has 7 nitrogen and oxygen atoms in total. The lowest BCUT2D eigenvalue weighted by Crippen LogP contribution is -2.44. The van der Waals surface area contributed by atoms with Crippen molar-refractivity contribution in [3.05, 3.63) is 82.3 Å². The lowest BCUT2D eigenvalue weighted by molar-refractivity contribution is -0.132. The van der Waals surface area contributed by atoms with E-state index in [2.05, 4.69) is 0 Å². The van der Waals surface area contributed by atoms with Crippen LogP contribution >= 0.6 is 11.6 Å². The van der Waals surface area contributed by atoms with Crippen LogP contribution in [0.15, 0.2) is 59.0 Å². The second-order valence-electron chi connectivity index (χ2n) is 8.94. The third-order valence-corrected chi connectivity index (χ3v) is 6.51. The number of carbonyl (C=O) groups excluding carboxylic acids is 2. The SMILES string of the molecule is COc1ccc(CCN(Cc2ccc(C)o2)C(=O)CN(C(=O)c2ccc(Cl)cc2)C2CC2)cc1OC. The molecule has 2 amide bonds. The van der Waals surface area contributed by atoms with E-state index >= 15 is 0 Å². The molecule has 0 spiro atoms. The molecule has 0 aliphatic heterocycles. The van der Waals surface area contributed by atoms with Gasteiger partial charge in [-0.15, -0.1) is 0 Å². The van der Waals surface area contributed by atoms with Crippen LogP contribution in [0.25, 0.3) is 0 Å². The molecule has 1 saturated carbocycles. The highest BCUT2D eigenvalue weighted by molar-refractivity contribution is 6.30. The number of hydrogen-bond donors (Lipinski definition) is 0. The highest BCUT2D eigenvalue weighted by Crippen LogP contribution is 2.30. The van der Waals surface area contributed by atoms with Crippen molar-refractivity contribution in [2.24, 2.45) is 0 Å². The lowest BCUT2D eigenvalue weighted by Gasteiger charge is -2.27. The summed E-state index contributed by atoms with van der Waals surface area (Å²) in [6.07, 6.45) is 2.41. The molecular formula is C28H31ClN2O5.